The molecule has 0 aliphatic carbocycles. The van der Waals surface area contributed by atoms with Crippen LogP contribution in [0.5, 0.6) is 11.5 Å². The van der Waals surface area contributed by atoms with Crippen molar-refractivity contribution in [1.82, 2.24) is 0 Å². The minimum Gasteiger partial charge on any atom is -0.497 e. The Bertz CT molecular complexity index is 1180. The topological polar surface area (TPSA) is 48.7 Å². The first-order chi connectivity index (χ1) is 13.6. The van der Waals surface area contributed by atoms with Crippen LogP contribution in [0.1, 0.15) is 5.56 Å². The van der Waals surface area contributed by atoms with Gasteiger partial charge in [0.1, 0.15) is 23.7 Å². The van der Waals surface area contributed by atoms with Crippen LogP contribution in [0.3, 0.4) is 0 Å². The normalized spacial score (nSPS) is 10.8. The van der Waals surface area contributed by atoms with Gasteiger partial charge in [-0.05, 0) is 41.5 Å². The van der Waals surface area contributed by atoms with Crippen molar-refractivity contribution in [1.29, 1.82) is 0 Å². The average molecular weight is 437 g/mol. The molecule has 4 rings (SSSR count). The van der Waals surface area contributed by atoms with Crippen molar-refractivity contribution >= 4 is 26.9 Å². The number of hydrogen-bond donors (Lipinski definition) is 0. The molecule has 0 atom stereocenters. The Morgan fingerprint density at radius 1 is 0.929 bits per heavy atom. The molecule has 0 fully saturated rings. The maximum atomic E-state index is 12.1. The summed E-state index contributed by atoms with van der Waals surface area (Å²) in [6.45, 7) is 0.412. The molecule has 0 aliphatic heterocycles. The van der Waals surface area contributed by atoms with Gasteiger partial charge in [-0.1, -0.05) is 46.3 Å². The zero-order chi connectivity index (χ0) is 19.5. The van der Waals surface area contributed by atoms with Gasteiger partial charge in [0.15, 0.2) is 0 Å². The summed E-state index contributed by atoms with van der Waals surface area (Å²) in [7, 11) is 1.62. The Kier molecular flexibility index (Phi) is 5.17. The van der Waals surface area contributed by atoms with E-state index in [4.69, 9.17) is 13.9 Å². The van der Waals surface area contributed by atoms with Crippen molar-refractivity contribution in [2.24, 2.45) is 0 Å². The summed E-state index contributed by atoms with van der Waals surface area (Å²) in [5.41, 5.74) is 2.85. The van der Waals surface area contributed by atoms with Crippen LogP contribution in [-0.2, 0) is 6.61 Å². The first-order valence-electron chi connectivity index (χ1n) is 8.72. The Balaban J connectivity index is 1.68. The van der Waals surface area contributed by atoms with E-state index in [-0.39, 0.29) is 0 Å². The zero-order valence-corrected chi connectivity index (χ0v) is 16.7. The summed E-state index contributed by atoms with van der Waals surface area (Å²) in [5.74, 6) is 1.40. The van der Waals surface area contributed by atoms with Gasteiger partial charge in [-0.3, -0.25) is 0 Å². The summed E-state index contributed by atoms with van der Waals surface area (Å²) >= 11 is 3.52. The molecule has 4 nitrogen and oxygen atoms in total. The standard InChI is InChI=1S/C23H17BrO4/c1-26-17-8-6-15(7-9-17)20-13-23(25)28-22-12-18(10-11-19(20)22)27-14-16-4-2-3-5-21(16)24/h2-13H,14H2,1H3. The molecule has 0 bridgehead atoms. The van der Waals surface area contributed by atoms with E-state index in [1.807, 2.05) is 60.7 Å². The minimum absolute atomic E-state index is 0.402. The van der Waals surface area contributed by atoms with Gasteiger partial charge in [0.2, 0.25) is 0 Å². The van der Waals surface area contributed by atoms with Crippen LogP contribution < -0.4 is 15.1 Å². The molecule has 0 unspecified atom stereocenters. The first-order valence-corrected chi connectivity index (χ1v) is 9.52. The SMILES string of the molecule is COc1ccc(-c2cc(=O)oc3cc(OCc4ccccc4Br)ccc23)cc1. The van der Waals surface area contributed by atoms with Crippen LogP contribution >= 0.6 is 15.9 Å². The highest BCUT2D eigenvalue weighted by Crippen LogP contribution is 2.31. The zero-order valence-electron chi connectivity index (χ0n) is 15.1. The van der Waals surface area contributed by atoms with Gasteiger partial charge in [0, 0.05) is 27.6 Å². The van der Waals surface area contributed by atoms with E-state index < -0.39 is 5.63 Å². The summed E-state index contributed by atoms with van der Waals surface area (Å²) in [6.07, 6.45) is 0. The van der Waals surface area contributed by atoms with Crippen LogP contribution in [-0.4, -0.2) is 7.11 Å². The second-order valence-electron chi connectivity index (χ2n) is 6.25. The van der Waals surface area contributed by atoms with E-state index in [1.54, 1.807) is 13.2 Å². The summed E-state index contributed by atoms with van der Waals surface area (Å²) < 4.78 is 17.5. The number of fused-ring (bicyclic) bond motifs is 1. The van der Waals surface area contributed by atoms with Gasteiger partial charge in [-0.15, -0.1) is 0 Å². The molecule has 0 radical (unpaired) electrons. The van der Waals surface area contributed by atoms with Gasteiger partial charge in [0.05, 0.1) is 7.11 Å². The number of hydrogen-bond acceptors (Lipinski definition) is 4. The summed E-state index contributed by atoms with van der Waals surface area (Å²) in [4.78, 5) is 12.1. The molecule has 0 aliphatic rings. The van der Waals surface area contributed by atoms with Gasteiger partial charge in [-0.2, -0.15) is 0 Å². The number of benzene rings is 3. The Morgan fingerprint density at radius 2 is 1.68 bits per heavy atom. The highest BCUT2D eigenvalue weighted by atomic mass is 79.9. The molecular formula is C23H17BrO4. The fraction of sp³-hybridized carbons (Fsp3) is 0.0870. The molecule has 1 heterocycles. The molecular weight excluding hydrogens is 420 g/mol. The first kappa shape index (κ1) is 18.3. The van der Waals surface area contributed by atoms with E-state index >= 15 is 0 Å². The van der Waals surface area contributed by atoms with Crippen LogP contribution in [0.15, 0.2) is 86.5 Å². The molecule has 28 heavy (non-hydrogen) atoms. The second-order valence-corrected chi connectivity index (χ2v) is 7.10. The smallest absolute Gasteiger partial charge is 0.336 e. The molecule has 0 spiro atoms. The monoisotopic (exact) mass is 436 g/mol. The highest BCUT2D eigenvalue weighted by molar-refractivity contribution is 9.10. The largest absolute Gasteiger partial charge is 0.497 e. The van der Waals surface area contributed by atoms with Crippen molar-refractivity contribution in [3.8, 4) is 22.6 Å². The summed E-state index contributed by atoms with van der Waals surface area (Å²) in [6, 6.07) is 22.5. The molecule has 0 amide bonds. The number of methoxy groups -OCH3 is 1. The number of halogens is 1. The van der Waals surface area contributed by atoms with E-state index in [0.717, 1.165) is 32.3 Å². The molecule has 0 saturated carbocycles. The maximum Gasteiger partial charge on any atom is 0.336 e. The van der Waals surface area contributed by atoms with Crippen LogP contribution in [0.25, 0.3) is 22.1 Å². The third kappa shape index (κ3) is 3.80. The van der Waals surface area contributed by atoms with Crippen molar-refractivity contribution in [3.63, 3.8) is 0 Å². The van der Waals surface area contributed by atoms with Gasteiger partial charge >= 0.3 is 5.63 Å². The lowest BCUT2D eigenvalue weighted by Gasteiger charge is -2.10. The van der Waals surface area contributed by atoms with E-state index in [9.17, 15) is 4.79 Å². The molecule has 0 saturated heterocycles. The van der Waals surface area contributed by atoms with Crippen LogP contribution in [0.2, 0.25) is 0 Å². The molecule has 5 heteroatoms. The molecule has 4 aromatic rings. The van der Waals surface area contributed by atoms with Crippen molar-refractivity contribution < 1.29 is 13.9 Å². The van der Waals surface area contributed by atoms with E-state index in [0.29, 0.717) is 17.9 Å². The number of rotatable bonds is 5. The lowest BCUT2D eigenvalue weighted by atomic mass is 10.0. The predicted molar refractivity (Wildman–Crippen MR) is 113 cm³/mol. The van der Waals surface area contributed by atoms with Gasteiger partial charge in [0.25, 0.3) is 0 Å². The fourth-order valence-electron chi connectivity index (χ4n) is 3.02. The van der Waals surface area contributed by atoms with Crippen LogP contribution in [0.4, 0.5) is 0 Å². The third-order valence-corrected chi connectivity index (χ3v) is 5.24. The van der Waals surface area contributed by atoms with E-state index in [2.05, 4.69) is 15.9 Å². The van der Waals surface area contributed by atoms with Gasteiger partial charge < -0.3 is 13.9 Å². The van der Waals surface area contributed by atoms with Gasteiger partial charge in [-0.25, -0.2) is 4.79 Å². The average Bonchev–Trinajstić information content (AvgIpc) is 2.72. The quantitative estimate of drug-likeness (QED) is 0.370. The number of ether oxygens (including phenoxy) is 2. The lowest BCUT2D eigenvalue weighted by molar-refractivity contribution is 0.305. The Morgan fingerprint density at radius 3 is 2.43 bits per heavy atom. The molecule has 3 aromatic carbocycles. The predicted octanol–water partition coefficient (Wildman–Crippen LogP) is 5.81. The van der Waals surface area contributed by atoms with Crippen molar-refractivity contribution in [3.05, 3.63) is 93.3 Å². The van der Waals surface area contributed by atoms with E-state index in [1.165, 1.54) is 6.07 Å². The van der Waals surface area contributed by atoms with Crippen molar-refractivity contribution in [2.45, 2.75) is 6.61 Å². The highest BCUT2D eigenvalue weighted by Gasteiger charge is 2.10. The maximum absolute atomic E-state index is 12.1. The summed E-state index contributed by atoms with van der Waals surface area (Å²) in [5, 5.41) is 0.845. The second kappa shape index (κ2) is 7.90. The van der Waals surface area contributed by atoms with Crippen molar-refractivity contribution in [2.75, 3.05) is 7.11 Å². The Hall–Kier alpha value is -3.05. The third-order valence-electron chi connectivity index (χ3n) is 4.47. The fourth-order valence-corrected chi connectivity index (χ4v) is 3.42. The molecule has 0 N–H and O–H groups in total. The Labute approximate surface area is 170 Å². The minimum atomic E-state index is -0.402. The molecule has 140 valence electrons. The molecule has 1 aromatic heterocycles. The lowest BCUT2D eigenvalue weighted by Crippen LogP contribution is -2.00. The van der Waals surface area contributed by atoms with Crippen LogP contribution in [0, 0.1) is 0 Å².